The Bertz CT molecular complexity index is 597. The number of hydrogen-bond acceptors (Lipinski definition) is 5. The van der Waals surface area contributed by atoms with Gasteiger partial charge in [0.1, 0.15) is 23.5 Å². The first kappa shape index (κ1) is 16.9. The summed E-state index contributed by atoms with van der Waals surface area (Å²) in [5.41, 5.74) is 1.97. The maximum Gasteiger partial charge on any atom is 0.122 e. The first-order valence-corrected chi connectivity index (χ1v) is 8.29. The highest BCUT2D eigenvalue weighted by Gasteiger charge is 2.23. The van der Waals surface area contributed by atoms with Gasteiger partial charge in [0.05, 0.1) is 5.54 Å². The molecule has 1 atom stereocenters. The lowest BCUT2D eigenvalue weighted by atomic mass is 10.1. The molecule has 0 aliphatic rings. The third-order valence-corrected chi connectivity index (χ3v) is 4.62. The molecule has 0 saturated heterocycles. The average molecular weight is 320 g/mol. The van der Waals surface area contributed by atoms with E-state index in [4.69, 9.17) is 4.74 Å². The highest BCUT2D eigenvalue weighted by atomic mass is 32.1. The first-order valence-electron chi connectivity index (χ1n) is 7.41. The van der Waals surface area contributed by atoms with Crippen molar-refractivity contribution in [3.63, 3.8) is 0 Å². The Balaban J connectivity index is 1.83. The molecule has 0 spiro atoms. The Morgan fingerprint density at radius 3 is 2.82 bits per heavy atom. The summed E-state index contributed by atoms with van der Waals surface area (Å²) in [6, 6.07) is 6.08. The molecule has 1 aromatic carbocycles. The Kier molecular flexibility index (Phi) is 5.56. The monoisotopic (exact) mass is 320 g/mol. The maximum absolute atomic E-state index is 10.1. The van der Waals surface area contributed by atoms with Crippen LogP contribution in [0.15, 0.2) is 29.8 Å². The SMILES string of the molecule is Cc1ccc(C)c(OCC(O)CNC(C)(C)c2nccs2)c1. The van der Waals surface area contributed by atoms with E-state index in [1.165, 1.54) is 0 Å². The Morgan fingerprint density at radius 2 is 2.14 bits per heavy atom. The zero-order valence-electron chi connectivity index (χ0n) is 13.6. The van der Waals surface area contributed by atoms with E-state index < -0.39 is 6.10 Å². The predicted octanol–water partition coefficient (Wildman–Crippen LogP) is 3.02. The van der Waals surface area contributed by atoms with Crippen molar-refractivity contribution in [3.8, 4) is 5.75 Å². The highest BCUT2D eigenvalue weighted by molar-refractivity contribution is 7.09. The van der Waals surface area contributed by atoms with Crippen LogP contribution in [0.5, 0.6) is 5.75 Å². The molecular weight excluding hydrogens is 296 g/mol. The van der Waals surface area contributed by atoms with E-state index in [2.05, 4.69) is 30.2 Å². The van der Waals surface area contributed by atoms with Gasteiger partial charge in [-0.05, 0) is 44.9 Å². The number of aryl methyl sites for hydroxylation is 2. The molecule has 120 valence electrons. The summed E-state index contributed by atoms with van der Waals surface area (Å²) in [6.45, 7) is 8.88. The predicted molar refractivity (Wildman–Crippen MR) is 90.6 cm³/mol. The average Bonchev–Trinajstić information content (AvgIpc) is 3.01. The Labute approximate surface area is 136 Å². The van der Waals surface area contributed by atoms with Crippen LogP contribution in [0.4, 0.5) is 0 Å². The molecule has 0 saturated carbocycles. The number of hydrogen-bond donors (Lipinski definition) is 2. The number of aromatic nitrogens is 1. The van der Waals surface area contributed by atoms with E-state index in [1.807, 2.05) is 31.4 Å². The van der Waals surface area contributed by atoms with Crippen LogP contribution < -0.4 is 10.1 Å². The van der Waals surface area contributed by atoms with E-state index in [1.54, 1.807) is 17.5 Å². The van der Waals surface area contributed by atoms with E-state index >= 15 is 0 Å². The van der Waals surface area contributed by atoms with Gasteiger partial charge in [-0.25, -0.2) is 4.98 Å². The van der Waals surface area contributed by atoms with Gasteiger partial charge in [-0.3, -0.25) is 0 Å². The van der Waals surface area contributed by atoms with Crippen LogP contribution in [0.25, 0.3) is 0 Å². The van der Waals surface area contributed by atoms with Crippen molar-refractivity contribution in [1.82, 2.24) is 10.3 Å². The van der Waals surface area contributed by atoms with Crippen molar-refractivity contribution < 1.29 is 9.84 Å². The Morgan fingerprint density at radius 1 is 1.36 bits per heavy atom. The molecule has 5 heteroatoms. The fraction of sp³-hybridized carbons (Fsp3) is 0.471. The van der Waals surface area contributed by atoms with Crippen molar-refractivity contribution >= 4 is 11.3 Å². The number of aliphatic hydroxyl groups excluding tert-OH is 1. The van der Waals surface area contributed by atoms with Crippen LogP contribution in [-0.2, 0) is 5.54 Å². The van der Waals surface area contributed by atoms with Gasteiger partial charge in [-0.15, -0.1) is 11.3 Å². The normalized spacial score (nSPS) is 13.1. The van der Waals surface area contributed by atoms with Gasteiger partial charge in [-0.2, -0.15) is 0 Å². The molecule has 0 fully saturated rings. The van der Waals surface area contributed by atoms with Gasteiger partial charge in [0.25, 0.3) is 0 Å². The zero-order valence-corrected chi connectivity index (χ0v) is 14.4. The third-order valence-electron chi connectivity index (χ3n) is 3.52. The molecule has 0 aliphatic heterocycles. The zero-order chi connectivity index (χ0) is 16.2. The lowest BCUT2D eigenvalue weighted by Crippen LogP contribution is -2.42. The number of thiazole rings is 1. The molecule has 0 radical (unpaired) electrons. The van der Waals surface area contributed by atoms with E-state index in [-0.39, 0.29) is 12.1 Å². The summed E-state index contributed by atoms with van der Waals surface area (Å²) in [5.74, 6) is 0.832. The number of nitrogens with zero attached hydrogens (tertiary/aromatic N) is 1. The van der Waals surface area contributed by atoms with Crippen LogP contribution in [0.3, 0.4) is 0 Å². The van der Waals surface area contributed by atoms with Gasteiger partial charge >= 0.3 is 0 Å². The van der Waals surface area contributed by atoms with Gasteiger partial charge in [0, 0.05) is 18.1 Å². The number of rotatable bonds is 7. The molecule has 1 unspecified atom stereocenters. The quantitative estimate of drug-likeness (QED) is 0.823. The molecule has 0 bridgehead atoms. The summed E-state index contributed by atoms with van der Waals surface area (Å²) in [7, 11) is 0. The second-order valence-electron chi connectivity index (χ2n) is 6.08. The molecule has 4 nitrogen and oxygen atoms in total. The molecular formula is C17H24N2O2S. The van der Waals surface area contributed by atoms with E-state index in [9.17, 15) is 5.11 Å². The smallest absolute Gasteiger partial charge is 0.122 e. The second-order valence-corrected chi connectivity index (χ2v) is 6.97. The van der Waals surface area contributed by atoms with Gasteiger partial charge in [-0.1, -0.05) is 12.1 Å². The fourth-order valence-electron chi connectivity index (χ4n) is 2.09. The summed E-state index contributed by atoms with van der Waals surface area (Å²) in [6.07, 6.45) is 1.22. The second kappa shape index (κ2) is 7.22. The van der Waals surface area contributed by atoms with Gasteiger partial charge in [0.15, 0.2) is 0 Å². The van der Waals surface area contributed by atoms with E-state index in [0.717, 1.165) is 21.9 Å². The molecule has 1 aromatic heterocycles. The van der Waals surface area contributed by atoms with Crippen LogP contribution in [0.2, 0.25) is 0 Å². The summed E-state index contributed by atoms with van der Waals surface area (Å²) < 4.78 is 5.73. The molecule has 22 heavy (non-hydrogen) atoms. The molecule has 0 aliphatic carbocycles. The Hall–Kier alpha value is -1.43. The van der Waals surface area contributed by atoms with Crippen molar-refractivity contribution in [2.24, 2.45) is 0 Å². The minimum Gasteiger partial charge on any atom is -0.491 e. The van der Waals surface area contributed by atoms with Crippen LogP contribution in [0, 0.1) is 13.8 Å². The first-order chi connectivity index (χ1) is 10.4. The van der Waals surface area contributed by atoms with E-state index in [0.29, 0.717) is 6.54 Å². The van der Waals surface area contributed by atoms with Crippen molar-refractivity contribution in [2.75, 3.05) is 13.2 Å². The standard InChI is InChI=1S/C17H24N2O2S/c1-12-5-6-13(2)15(9-12)21-11-14(20)10-19-17(3,4)16-18-7-8-22-16/h5-9,14,19-20H,10-11H2,1-4H3. The summed E-state index contributed by atoms with van der Waals surface area (Å²) in [4.78, 5) is 4.32. The topological polar surface area (TPSA) is 54.4 Å². The largest absolute Gasteiger partial charge is 0.491 e. The third kappa shape index (κ3) is 4.53. The van der Waals surface area contributed by atoms with Gasteiger partial charge < -0.3 is 15.2 Å². The number of ether oxygens (including phenoxy) is 1. The lowest BCUT2D eigenvalue weighted by molar-refractivity contribution is 0.0984. The minimum absolute atomic E-state index is 0.256. The number of aliphatic hydroxyl groups is 1. The van der Waals surface area contributed by atoms with Crippen LogP contribution in [-0.4, -0.2) is 29.3 Å². The highest BCUT2D eigenvalue weighted by Crippen LogP contribution is 2.22. The van der Waals surface area contributed by atoms with Crippen molar-refractivity contribution in [3.05, 3.63) is 45.9 Å². The van der Waals surface area contributed by atoms with Crippen LogP contribution in [0.1, 0.15) is 30.0 Å². The van der Waals surface area contributed by atoms with Crippen LogP contribution >= 0.6 is 11.3 Å². The molecule has 2 rings (SSSR count). The van der Waals surface area contributed by atoms with Gasteiger partial charge in [0.2, 0.25) is 0 Å². The molecule has 0 amide bonds. The lowest BCUT2D eigenvalue weighted by Gasteiger charge is -2.25. The molecule has 1 heterocycles. The van der Waals surface area contributed by atoms with Crippen molar-refractivity contribution in [2.45, 2.75) is 39.3 Å². The fourth-order valence-corrected chi connectivity index (χ4v) is 2.83. The molecule has 2 N–H and O–H groups in total. The summed E-state index contributed by atoms with van der Waals surface area (Å²) >= 11 is 1.61. The number of nitrogens with one attached hydrogen (secondary N) is 1. The minimum atomic E-state index is -0.570. The van der Waals surface area contributed by atoms with Crippen molar-refractivity contribution in [1.29, 1.82) is 0 Å². The summed E-state index contributed by atoms with van der Waals surface area (Å²) in [5, 5.41) is 16.4. The molecule has 2 aromatic rings. The maximum atomic E-state index is 10.1. The number of benzene rings is 1.